The molecule has 0 saturated carbocycles. The largest absolute Gasteiger partial charge is 0.455 e. The molecule has 0 radical (unpaired) electrons. The summed E-state index contributed by atoms with van der Waals surface area (Å²) in [4.78, 5) is 1.57. The van der Waals surface area contributed by atoms with E-state index in [1.54, 1.807) is 18.7 Å². The van der Waals surface area contributed by atoms with Crippen molar-refractivity contribution in [3.63, 3.8) is 0 Å². The van der Waals surface area contributed by atoms with E-state index in [4.69, 9.17) is 4.74 Å². The van der Waals surface area contributed by atoms with E-state index in [0.29, 0.717) is 0 Å². The first-order chi connectivity index (χ1) is 9.54. The van der Waals surface area contributed by atoms with Crippen LogP contribution in [0.3, 0.4) is 0 Å². The van der Waals surface area contributed by atoms with E-state index in [9.17, 15) is 5.11 Å². The maximum atomic E-state index is 10.1. The molecule has 0 aromatic heterocycles. The summed E-state index contributed by atoms with van der Waals surface area (Å²) in [6, 6.07) is 8.52. The third-order valence-corrected chi connectivity index (χ3v) is 4.14. The van der Waals surface area contributed by atoms with Crippen LogP contribution in [0.1, 0.15) is 44.7 Å². The van der Waals surface area contributed by atoms with Crippen molar-refractivity contribution in [2.45, 2.75) is 44.8 Å². The molecule has 0 unspecified atom stereocenters. The van der Waals surface area contributed by atoms with Gasteiger partial charge in [-0.1, -0.05) is 12.1 Å². The Morgan fingerprint density at radius 2 is 1.90 bits per heavy atom. The molecule has 20 heavy (non-hydrogen) atoms. The number of benzene rings is 1. The molecule has 2 aliphatic heterocycles. The highest BCUT2D eigenvalue weighted by Gasteiger charge is 2.39. The van der Waals surface area contributed by atoms with Gasteiger partial charge in [0.15, 0.2) is 11.8 Å². The lowest BCUT2D eigenvalue weighted by atomic mass is 9.99. The van der Waals surface area contributed by atoms with Crippen molar-refractivity contribution in [3.8, 4) is 5.75 Å². The van der Waals surface area contributed by atoms with Crippen LogP contribution in [0, 0.1) is 0 Å². The van der Waals surface area contributed by atoms with Crippen LogP contribution in [0.15, 0.2) is 36.1 Å². The molecule has 3 heteroatoms. The summed E-state index contributed by atoms with van der Waals surface area (Å²) in [6.45, 7) is 5.97. The minimum atomic E-state index is -0.842. The Labute approximate surface area is 120 Å². The van der Waals surface area contributed by atoms with Crippen molar-refractivity contribution < 1.29 is 14.7 Å². The number of ether oxygens (including phenoxy) is 1. The van der Waals surface area contributed by atoms with Crippen LogP contribution in [0.5, 0.6) is 5.75 Å². The Hall–Kier alpha value is -1.32. The molecule has 2 N–H and O–H groups in total. The Kier molecular flexibility index (Phi) is 3.57. The molecule has 1 aromatic rings. The first-order valence-electron chi connectivity index (χ1n) is 7.61. The number of para-hydroxylation sites is 1. The van der Waals surface area contributed by atoms with Gasteiger partial charge in [0.2, 0.25) is 0 Å². The van der Waals surface area contributed by atoms with Gasteiger partial charge < -0.3 is 14.7 Å². The fourth-order valence-electron chi connectivity index (χ4n) is 3.33. The summed E-state index contributed by atoms with van der Waals surface area (Å²) >= 11 is 0. The number of likely N-dealkylation sites (tertiary alicyclic amines) is 1. The summed E-state index contributed by atoms with van der Waals surface area (Å²) in [5.74, 6) is 1.86. The number of rotatable bonds is 2. The standard InChI is InChI=1S/C17H23NO2/c1-17(2,19)12-15-16(18-10-6-3-7-11-18)13-8-4-5-9-14(13)20-15/h4-5,8-9,12,16,19H,3,6-7,10-11H2,1-2H3/p+1/b15-12-/t16-/m0/s1. The lowest BCUT2D eigenvalue weighted by Gasteiger charge is -2.29. The lowest BCUT2D eigenvalue weighted by Crippen LogP contribution is -3.13. The van der Waals surface area contributed by atoms with E-state index < -0.39 is 5.60 Å². The highest BCUT2D eigenvalue weighted by atomic mass is 16.5. The van der Waals surface area contributed by atoms with Crippen LogP contribution in [0.25, 0.3) is 0 Å². The summed E-state index contributed by atoms with van der Waals surface area (Å²) in [7, 11) is 0. The van der Waals surface area contributed by atoms with Crippen molar-refractivity contribution in [2.75, 3.05) is 13.1 Å². The van der Waals surface area contributed by atoms with Gasteiger partial charge in [-0.2, -0.15) is 0 Å². The number of aliphatic hydroxyl groups is 1. The molecule has 1 aromatic carbocycles. The third-order valence-electron chi connectivity index (χ3n) is 4.14. The highest BCUT2D eigenvalue weighted by Crippen LogP contribution is 2.38. The number of quaternary nitrogens is 1. The van der Waals surface area contributed by atoms with E-state index in [-0.39, 0.29) is 6.04 Å². The van der Waals surface area contributed by atoms with Crippen LogP contribution in [0.2, 0.25) is 0 Å². The number of hydrogen-bond donors (Lipinski definition) is 2. The van der Waals surface area contributed by atoms with Gasteiger partial charge >= 0.3 is 0 Å². The quantitative estimate of drug-likeness (QED) is 0.863. The molecule has 0 bridgehead atoms. The van der Waals surface area contributed by atoms with Crippen molar-refractivity contribution in [3.05, 3.63) is 41.7 Å². The van der Waals surface area contributed by atoms with Gasteiger partial charge in [-0.15, -0.1) is 0 Å². The van der Waals surface area contributed by atoms with Gasteiger partial charge in [0.05, 0.1) is 24.3 Å². The molecular weight excluding hydrogens is 250 g/mol. The molecular formula is C17H24NO2+. The summed E-state index contributed by atoms with van der Waals surface area (Å²) in [5, 5.41) is 10.1. The summed E-state index contributed by atoms with van der Waals surface area (Å²) < 4.78 is 6.03. The second kappa shape index (κ2) is 5.23. The predicted octanol–water partition coefficient (Wildman–Crippen LogP) is 1.84. The van der Waals surface area contributed by atoms with Gasteiger partial charge in [-0.25, -0.2) is 0 Å². The van der Waals surface area contributed by atoms with Crippen molar-refractivity contribution in [1.82, 2.24) is 0 Å². The molecule has 1 atom stereocenters. The molecule has 2 aliphatic rings. The number of piperidine rings is 1. The van der Waals surface area contributed by atoms with Crippen molar-refractivity contribution >= 4 is 0 Å². The number of nitrogens with one attached hydrogen (secondary N) is 1. The molecule has 0 spiro atoms. The Balaban J connectivity index is 1.97. The normalized spacial score (nSPS) is 25.6. The first kappa shape index (κ1) is 13.7. The van der Waals surface area contributed by atoms with Gasteiger partial charge in [0.1, 0.15) is 5.75 Å². The van der Waals surface area contributed by atoms with Crippen LogP contribution < -0.4 is 9.64 Å². The molecule has 3 rings (SSSR count). The fourth-order valence-corrected chi connectivity index (χ4v) is 3.33. The second-order valence-corrected chi connectivity index (χ2v) is 6.49. The molecule has 1 saturated heterocycles. The van der Waals surface area contributed by atoms with Crippen LogP contribution in [-0.2, 0) is 0 Å². The highest BCUT2D eigenvalue weighted by molar-refractivity contribution is 5.44. The monoisotopic (exact) mass is 274 g/mol. The topological polar surface area (TPSA) is 33.9 Å². The first-order valence-corrected chi connectivity index (χ1v) is 7.61. The molecule has 0 aliphatic carbocycles. The van der Waals surface area contributed by atoms with E-state index in [1.165, 1.54) is 37.9 Å². The average Bonchev–Trinajstić information content (AvgIpc) is 2.75. The van der Waals surface area contributed by atoms with E-state index in [2.05, 4.69) is 12.1 Å². The van der Waals surface area contributed by atoms with Crippen molar-refractivity contribution in [2.24, 2.45) is 0 Å². The van der Waals surface area contributed by atoms with Crippen molar-refractivity contribution in [1.29, 1.82) is 0 Å². The van der Waals surface area contributed by atoms with Crippen LogP contribution in [0.4, 0.5) is 0 Å². The van der Waals surface area contributed by atoms with Crippen LogP contribution >= 0.6 is 0 Å². The minimum Gasteiger partial charge on any atom is -0.455 e. The molecule has 2 heterocycles. The third kappa shape index (κ3) is 2.74. The smallest absolute Gasteiger partial charge is 0.175 e. The number of hydrogen-bond acceptors (Lipinski definition) is 2. The maximum absolute atomic E-state index is 10.1. The second-order valence-electron chi connectivity index (χ2n) is 6.49. The molecule has 0 amide bonds. The zero-order valence-corrected chi connectivity index (χ0v) is 12.4. The zero-order valence-electron chi connectivity index (χ0n) is 12.4. The minimum absolute atomic E-state index is 0.248. The molecule has 1 fully saturated rings. The SMILES string of the molecule is CC(C)(O)/C=C1\Oc2ccccc2[C@@H]1[NH+]1CCCCC1. The summed E-state index contributed by atoms with van der Waals surface area (Å²) in [5.41, 5.74) is 0.421. The molecule has 108 valence electrons. The molecule has 3 nitrogen and oxygen atoms in total. The van der Waals surface area contributed by atoms with Gasteiger partial charge in [-0.05, 0) is 51.3 Å². The Morgan fingerprint density at radius 3 is 2.60 bits per heavy atom. The number of fused-ring (bicyclic) bond motifs is 1. The predicted molar refractivity (Wildman–Crippen MR) is 78.7 cm³/mol. The Bertz CT molecular complexity index is 510. The maximum Gasteiger partial charge on any atom is 0.175 e. The van der Waals surface area contributed by atoms with Gasteiger partial charge in [0.25, 0.3) is 0 Å². The van der Waals surface area contributed by atoms with Gasteiger partial charge in [-0.3, -0.25) is 0 Å². The van der Waals surface area contributed by atoms with Crippen LogP contribution in [-0.4, -0.2) is 23.8 Å². The lowest BCUT2D eigenvalue weighted by molar-refractivity contribution is -0.931. The van der Waals surface area contributed by atoms with Gasteiger partial charge in [0, 0.05) is 0 Å². The van der Waals surface area contributed by atoms with E-state index in [1.807, 2.05) is 18.2 Å². The fraction of sp³-hybridized carbons (Fsp3) is 0.529. The summed E-state index contributed by atoms with van der Waals surface area (Å²) in [6.07, 6.45) is 5.77. The van der Waals surface area contributed by atoms with E-state index >= 15 is 0 Å². The van der Waals surface area contributed by atoms with E-state index in [0.717, 1.165) is 11.5 Å². The average molecular weight is 274 g/mol. The Morgan fingerprint density at radius 1 is 1.20 bits per heavy atom. The zero-order chi connectivity index (χ0) is 14.2.